The zero-order valence-corrected chi connectivity index (χ0v) is 13.5. The highest BCUT2D eigenvalue weighted by molar-refractivity contribution is 5.94. The lowest BCUT2D eigenvalue weighted by atomic mass is 9.80. The van der Waals surface area contributed by atoms with E-state index in [1.807, 2.05) is 19.9 Å². The van der Waals surface area contributed by atoms with Gasteiger partial charge < -0.3 is 10.0 Å². The number of nitrogens with zero attached hydrogens (tertiary/aromatic N) is 1. The Kier molecular flexibility index (Phi) is 5.21. The van der Waals surface area contributed by atoms with E-state index in [1.165, 1.54) is 0 Å². The zero-order chi connectivity index (χ0) is 15.5. The minimum Gasteiger partial charge on any atom is -0.508 e. The molecule has 0 heterocycles. The number of aryl methyl sites for hydroxylation is 1. The predicted octanol–water partition coefficient (Wildman–Crippen LogP) is 4.13. The standard InChI is InChI=1S/C17H27NO2/c1-7-18(15-11-14(19)9-8-12(15)2)16(20)10-13(3)17(4,5)6/h8-9,11,13,19H,7,10H2,1-6H3. The van der Waals surface area contributed by atoms with Crippen LogP contribution in [0.1, 0.15) is 46.6 Å². The van der Waals surface area contributed by atoms with Crippen LogP contribution in [0.3, 0.4) is 0 Å². The van der Waals surface area contributed by atoms with Crippen LogP contribution < -0.4 is 4.90 Å². The number of rotatable bonds is 4. The summed E-state index contributed by atoms with van der Waals surface area (Å²) in [5, 5.41) is 9.64. The lowest BCUT2D eigenvalue weighted by Gasteiger charge is -2.30. The molecule has 0 aliphatic carbocycles. The van der Waals surface area contributed by atoms with Gasteiger partial charge >= 0.3 is 0 Å². The highest BCUT2D eigenvalue weighted by atomic mass is 16.3. The highest BCUT2D eigenvalue weighted by Gasteiger charge is 2.25. The number of phenols is 1. The quantitative estimate of drug-likeness (QED) is 0.899. The van der Waals surface area contributed by atoms with Crippen molar-refractivity contribution in [2.45, 2.75) is 48.0 Å². The number of phenolic OH excluding ortho intramolecular Hbond substituents is 1. The maximum atomic E-state index is 12.5. The maximum Gasteiger partial charge on any atom is 0.227 e. The van der Waals surface area contributed by atoms with Crippen molar-refractivity contribution in [3.05, 3.63) is 23.8 Å². The summed E-state index contributed by atoms with van der Waals surface area (Å²) in [6, 6.07) is 5.15. The third kappa shape index (κ3) is 3.99. The molecule has 1 aromatic carbocycles. The molecule has 3 heteroatoms. The Balaban J connectivity index is 2.96. The predicted molar refractivity (Wildman–Crippen MR) is 84.1 cm³/mol. The largest absolute Gasteiger partial charge is 0.508 e. The lowest BCUT2D eigenvalue weighted by molar-refractivity contribution is -0.120. The van der Waals surface area contributed by atoms with Gasteiger partial charge in [-0.2, -0.15) is 0 Å². The minimum atomic E-state index is 0.114. The molecule has 20 heavy (non-hydrogen) atoms. The van der Waals surface area contributed by atoms with Crippen molar-refractivity contribution in [2.75, 3.05) is 11.4 Å². The molecule has 112 valence electrons. The van der Waals surface area contributed by atoms with E-state index in [-0.39, 0.29) is 17.1 Å². The second-order valence-electron chi connectivity index (χ2n) is 6.58. The summed E-state index contributed by atoms with van der Waals surface area (Å²) in [6.45, 7) is 13.1. The fourth-order valence-electron chi connectivity index (χ4n) is 2.05. The lowest BCUT2D eigenvalue weighted by Crippen LogP contribution is -2.34. The Morgan fingerprint density at radius 1 is 1.35 bits per heavy atom. The number of benzene rings is 1. The van der Waals surface area contributed by atoms with Crippen LogP contribution >= 0.6 is 0 Å². The van der Waals surface area contributed by atoms with Gasteiger partial charge in [0, 0.05) is 19.0 Å². The summed E-state index contributed by atoms with van der Waals surface area (Å²) < 4.78 is 0. The third-order valence-electron chi connectivity index (χ3n) is 4.06. The Morgan fingerprint density at radius 2 is 1.95 bits per heavy atom. The smallest absolute Gasteiger partial charge is 0.227 e. The first kappa shape index (κ1) is 16.5. The Hall–Kier alpha value is -1.51. The molecule has 0 spiro atoms. The van der Waals surface area contributed by atoms with Gasteiger partial charge in [-0.05, 0) is 36.8 Å². The van der Waals surface area contributed by atoms with Gasteiger partial charge in [-0.15, -0.1) is 0 Å². The number of aromatic hydroxyl groups is 1. The van der Waals surface area contributed by atoms with Crippen LogP contribution in [-0.4, -0.2) is 17.6 Å². The van der Waals surface area contributed by atoms with Crippen molar-refractivity contribution < 1.29 is 9.90 Å². The Bertz CT molecular complexity index is 474. The molecule has 0 bridgehead atoms. The summed E-state index contributed by atoms with van der Waals surface area (Å²) in [5.41, 5.74) is 1.92. The van der Waals surface area contributed by atoms with E-state index >= 15 is 0 Å². The minimum absolute atomic E-state index is 0.114. The van der Waals surface area contributed by atoms with E-state index in [1.54, 1.807) is 17.0 Å². The molecule has 0 aliphatic heterocycles. The molecule has 1 unspecified atom stereocenters. The van der Waals surface area contributed by atoms with Crippen LogP contribution in [0.4, 0.5) is 5.69 Å². The number of hydrogen-bond donors (Lipinski definition) is 1. The van der Waals surface area contributed by atoms with Crippen LogP contribution in [0.25, 0.3) is 0 Å². The summed E-state index contributed by atoms with van der Waals surface area (Å²) >= 11 is 0. The molecular weight excluding hydrogens is 250 g/mol. The molecule has 1 rings (SSSR count). The van der Waals surface area contributed by atoms with Crippen LogP contribution in [0.2, 0.25) is 0 Å². The molecule has 0 fully saturated rings. The van der Waals surface area contributed by atoms with Crippen LogP contribution in [0.5, 0.6) is 5.75 Å². The van der Waals surface area contributed by atoms with Crippen molar-refractivity contribution in [2.24, 2.45) is 11.3 Å². The van der Waals surface area contributed by atoms with E-state index in [0.29, 0.717) is 18.9 Å². The molecule has 0 aromatic heterocycles. The van der Waals surface area contributed by atoms with Gasteiger partial charge in [0.2, 0.25) is 5.91 Å². The van der Waals surface area contributed by atoms with Crippen molar-refractivity contribution >= 4 is 11.6 Å². The molecule has 1 N–H and O–H groups in total. The van der Waals surface area contributed by atoms with E-state index in [4.69, 9.17) is 0 Å². The second kappa shape index (κ2) is 6.29. The number of amides is 1. The molecule has 1 aromatic rings. The van der Waals surface area contributed by atoms with E-state index in [9.17, 15) is 9.90 Å². The van der Waals surface area contributed by atoms with Gasteiger partial charge in [0.15, 0.2) is 0 Å². The van der Waals surface area contributed by atoms with Crippen molar-refractivity contribution in [3.63, 3.8) is 0 Å². The number of carbonyl (C=O) groups is 1. The first-order valence-corrected chi connectivity index (χ1v) is 7.26. The first-order chi connectivity index (χ1) is 9.16. The van der Waals surface area contributed by atoms with E-state index in [2.05, 4.69) is 27.7 Å². The average Bonchev–Trinajstić information content (AvgIpc) is 2.33. The molecular formula is C17H27NO2. The molecule has 1 amide bonds. The molecule has 0 aliphatic rings. The molecule has 0 saturated heterocycles. The normalized spacial score (nSPS) is 13.1. The van der Waals surface area contributed by atoms with Crippen molar-refractivity contribution in [3.8, 4) is 5.75 Å². The summed E-state index contributed by atoms with van der Waals surface area (Å²) in [6.07, 6.45) is 0.520. The number of anilines is 1. The van der Waals surface area contributed by atoms with Gasteiger partial charge in [-0.25, -0.2) is 0 Å². The maximum absolute atomic E-state index is 12.5. The van der Waals surface area contributed by atoms with Crippen LogP contribution in [0, 0.1) is 18.3 Å². The highest BCUT2D eigenvalue weighted by Crippen LogP contribution is 2.31. The number of carbonyl (C=O) groups excluding carboxylic acids is 1. The fraction of sp³-hybridized carbons (Fsp3) is 0.588. The molecule has 3 nitrogen and oxygen atoms in total. The molecule has 0 radical (unpaired) electrons. The third-order valence-corrected chi connectivity index (χ3v) is 4.06. The summed E-state index contributed by atoms with van der Waals surface area (Å²) in [5.74, 6) is 0.617. The average molecular weight is 277 g/mol. The Labute approximate surface area is 122 Å². The summed E-state index contributed by atoms with van der Waals surface area (Å²) in [4.78, 5) is 14.3. The van der Waals surface area contributed by atoms with Crippen LogP contribution in [0.15, 0.2) is 18.2 Å². The van der Waals surface area contributed by atoms with Gasteiger partial charge in [-0.3, -0.25) is 4.79 Å². The zero-order valence-electron chi connectivity index (χ0n) is 13.5. The molecule has 0 saturated carbocycles. The van der Waals surface area contributed by atoms with E-state index in [0.717, 1.165) is 11.3 Å². The fourth-order valence-corrected chi connectivity index (χ4v) is 2.05. The SMILES string of the molecule is CCN(C(=O)CC(C)C(C)(C)C)c1cc(O)ccc1C. The number of hydrogen-bond acceptors (Lipinski definition) is 2. The van der Waals surface area contributed by atoms with Gasteiger partial charge in [0.05, 0.1) is 5.69 Å². The summed E-state index contributed by atoms with van der Waals surface area (Å²) in [7, 11) is 0. The van der Waals surface area contributed by atoms with Crippen molar-refractivity contribution in [1.29, 1.82) is 0 Å². The first-order valence-electron chi connectivity index (χ1n) is 7.26. The monoisotopic (exact) mass is 277 g/mol. The molecule has 1 atom stereocenters. The topological polar surface area (TPSA) is 40.5 Å². The van der Waals surface area contributed by atoms with Gasteiger partial charge in [0.25, 0.3) is 0 Å². The van der Waals surface area contributed by atoms with E-state index < -0.39 is 0 Å². The van der Waals surface area contributed by atoms with Crippen LogP contribution in [-0.2, 0) is 4.79 Å². The van der Waals surface area contributed by atoms with Gasteiger partial charge in [0.1, 0.15) is 5.75 Å². The Morgan fingerprint density at radius 3 is 2.45 bits per heavy atom. The van der Waals surface area contributed by atoms with Crippen molar-refractivity contribution in [1.82, 2.24) is 0 Å². The second-order valence-corrected chi connectivity index (χ2v) is 6.58. The van der Waals surface area contributed by atoms with Gasteiger partial charge in [-0.1, -0.05) is 33.8 Å².